The predicted octanol–water partition coefficient (Wildman–Crippen LogP) is 5.18. The fourth-order valence-electron chi connectivity index (χ4n) is 2.36. The molecule has 23 heavy (non-hydrogen) atoms. The molecule has 0 amide bonds. The first kappa shape index (κ1) is 15.4. The first-order chi connectivity index (χ1) is 11.1. The van der Waals surface area contributed by atoms with Gasteiger partial charge in [-0.05, 0) is 35.9 Å². The maximum Gasteiger partial charge on any atom is 0.142 e. The van der Waals surface area contributed by atoms with Gasteiger partial charge in [0.2, 0.25) is 0 Å². The van der Waals surface area contributed by atoms with Gasteiger partial charge in [0.1, 0.15) is 17.5 Å². The summed E-state index contributed by atoms with van der Waals surface area (Å²) in [5, 5.41) is 10.6. The standard InChI is InChI=1S/C18H11Cl2N3/c19-13-5-1-3-11(7-13)15-9-17(23-18(22)16(15)10-21)12-4-2-6-14(20)8-12/h1-9H,(H2,22,23). The van der Waals surface area contributed by atoms with Gasteiger partial charge in [-0.1, -0.05) is 47.5 Å². The molecule has 0 fully saturated rings. The second kappa shape index (κ2) is 6.29. The van der Waals surface area contributed by atoms with E-state index in [0.29, 0.717) is 26.9 Å². The summed E-state index contributed by atoms with van der Waals surface area (Å²) in [6.45, 7) is 0. The van der Waals surface area contributed by atoms with Gasteiger partial charge in [0, 0.05) is 21.2 Å². The van der Waals surface area contributed by atoms with Gasteiger partial charge >= 0.3 is 0 Å². The lowest BCUT2D eigenvalue weighted by Crippen LogP contribution is -1.99. The van der Waals surface area contributed by atoms with Crippen LogP contribution in [0.25, 0.3) is 22.4 Å². The van der Waals surface area contributed by atoms with Gasteiger partial charge in [-0.15, -0.1) is 0 Å². The van der Waals surface area contributed by atoms with Crippen molar-refractivity contribution in [2.75, 3.05) is 5.73 Å². The van der Waals surface area contributed by atoms with E-state index >= 15 is 0 Å². The Morgan fingerprint density at radius 2 is 1.52 bits per heavy atom. The minimum Gasteiger partial charge on any atom is -0.383 e. The number of anilines is 1. The molecule has 112 valence electrons. The fourth-order valence-corrected chi connectivity index (χ4v) is 2.74. The number of rotatable bonds is 2. The number of hydrogen-bond acceptors (Lipinski definition) is 3. The summed E-state index contributed by atoms with van der Waals surface area (Å²) in [6.07, 6.45) is 0. The highest BCUT2D eigenvalue weighted by atomic mass is 35.5. The topological polar surface area (TPSA) is 62.7 Å². The number of aromatic nitrogens is 1. The Kier molecular flexibility index (Phi) is 4.20. The maximum atomic E-state index is 9.41. The van der Waals surface area contributed by atoms with E-state index < -0.39 is 0 Å². The number of nitriles is 1. The van der Waals surface area contributed by atoms with Crippen LogP contribution in [0.4, 0.5) is 5.82 Å². The highest BCUT2D eigenvalue weighted by molar-refractivity contribution is 6.31. The lowest BCUT2D eigenvalue weighted by Gasteiger charge is -2.10. The Labute approximate surface area is 143 Å². The van der Waals surface area contributed by atoms with Crippen LogP contribution in [0.1, 0.15) is 5.56 Å². The molecule has 3 rings (SSSR count). The summed E-state index contributed by atoms with van der Waals surface area (Å²) in [4.78, 5) is 4.33. The number of nitrogens with two attached hydrogens (primary N) is 1. The number of hydrogen-bond donors (Lipinski definition) is 1. The van der Waals surface area contributed by atoms with Gasteiger partial charge in [0.05, 0.1) is 5.69 Å². The summed E-state index contributed by atoms with van der Waals surface area (Å²) in [5.41, 5.74) is 9.30. The van der Waals surface area contributed by atoms with Crippen molar-refractivity contribution in [2.45, 2.75) is 0 Å². The van der Waals surface area contributed by atoms with Crippen molar-refractivity contribution in [3.8, 4) is 28.5 Å². The summed E-state index contributed by atoms with van der Waals surface area (Å²) >= 11 is 12.1. The van der Waals surface area contributed by atoms with Crippen molar-refractivity contribution in [1.82, 2.24) is 4.98 Å². The molecule has 3 aromatic rings. The number of nitrogen functional groups attached to an aromatic ring is 1. The van der Waals surface area contributed by atoms with Crippen LogP contribution >= 0.6 is 23.2 Å². The third-order valence-corrected chi connectivity index (χ3v) is 3.89. The number of benzene rings is 2. The smallest absolute Gasteiger partial charge is 0.142 e. The summed E-state index contributed by atoms with van der Waals surface area (Å²) in [5.74, 6) is 0.181. The van der Waals surface area contributed by atoms with Gasteiger partial charge in [0.15, 0.2) is 0 Å². The molecule has 0 unspecified atom stereocenters. The highest BCUT2D eigenvalue weighted by Gasteiger charge is 2.13. The lowest BCUT2D eigenvalue weighted by molar-refractivity contribution is 1.31. The lowest BCUT2D eigenvalue weighted by atomic mass is 9.98. The zero-order valence-corrected chi connectivity index (χ0v) is 13.4. The van der Waals surface area contributed by atoms with Crippen molar-refractivity contribution in [3.63, 3.8) is 0 Å². The number of pyridine rings is 1. The zero-order chi connectivity index (χ0) is 16.4. The number of halogens is 2. The normalized spacial score (nSPS) is 10.3. The molecule has 0 saturated heterocycles. The summed E-state index contributed by atoms with van der Waals surface area (Å²) in [7, 11) is 0. The van der Waals surface area contributed by atoms with E-state index in [9.17, 15) is 5.26 Å². The molecule has 2 N–H and O–H groups in total. The predicted molar refractivity (Wildman–Crippen MR) is 94.3 cm³/mol. The monoisotopic (exact) mass is 339 g/mol. The highest BCUT2D eigenvalue weighted by Crippen LogP contribution is 2.32. The average molecular weight is 340 g/mol. The molecule has 1 heterocycles. The molecule has 0 spiro atoms. The molecular formula is C18H11Cl2N3. The first-order valence-corrected chi connectivity index (χ1v) is 7.56. The Hall–Kier alpha value is -2.54. The van der Waals surface area contributed by atoms with Gasteiger partial charge in [-0.2, -0.15) is 5.26 Å². The van der Waals surface area contributed by atoms with Crippen LogP contribution in [0.3, 0.4) is 0 Å². The van der Waals surface area contributed by atoms with Crippen LogP contribution in [-0.2, 0) is 0 Å². The summed E-state index contributed by atoms with van der Waals surface area (Å²) in [6, 6.07) is 18.5. The fraction of sp³-hybridized carbons (Fsp3) is 0. The molecule has 0 atom stereocenters. The van der Waals surface area contributed by atoms with Gasteiger partial charge in [0.25, 0.3) is 0 Å². The number of nitrogens with zero attached hydrogens (tertiary/aromatic N) is 2. The third-order valence-electron chi connectivity index (χ3n) is 3.42. The second-order valence-electron chi connectivity index (χ2n) is 4.95. The van der Waals surface area contributed by atoms with Crippen molar-refractivity contribution < 1.29 is 0 Å². The van der Waals surface area contributed by atoms with E-state index in [4.69, 9.17) is 28.9 Å². The molecule has 5 heteroatoms. The van der Waals surface area contributed by atoms with Gasteiger partial charge in [-0.3, -0.25) is 0 Å². The molecule has 0 radical (unpaired) electrons. The zero-order valence-electron chi connectivity index (χ0n) is 11.9. The molecule has 0 saturated carbocycles. The van der Waals surface area contributed by atoms with E-state index in [1.807, 2.05) is 30.3 Å². The van der Waals surface area contributed by atoms with Crippen LogP contribution in [0, 0.1) is 11.3 Å². The Morgan fingerprint density at radius 1 is 0.913 bits per heavy atom. The molecule has 2 aromatic carbocycles. The molecular weight excluding hydrogens is 329 g/mol. The van der Waals surface area contributed by atoms with E-state index in [2.05, 4.69) is 11.1 Å². The second-order valence-corrected chi connectivity index (χ2v) is 5.82. The molecule has 0 aliphatic heterocycles. The quantitative estimate of drug-likeness (QED) is 0.699. The summed E-state index contributed by atoms with van der Waals surface area (Å²) < 4.78 is 0. The van der Waals surface area contributed by atoms with Crippen molar-refractivity contribution in [1.29, 1.82) is 5.26 Å². The molecule has 0 aliphatic rings. The average Bonchev–Trinajstić information content (AvgIpc) is 2.54. The van der Waals surface area contributed by atoms with Crippen molar-refractivity contribution in [3.05, 3.63) is 70.2 Å². The SMILES string of the molecule is N#Cc1c(-c2cccc(Cl)c2)cc(-c2cccc(Cl)c2)nc1N. The van der Waals surface area contributed by atoms with Crippen LogP contribution in [0.5, 0.6) is 0 Å². The van der Waals surface area contributed by atoms with Crippen LogP contribution < -0.4 is 5.73 Å². The Bertz CT molecular complexity index is 930. The Morgan fingerprint density at radius 3 is 2.13 bits per heavy atom. The van der Waals surface area contributed by atoms with Crippen molar-refractivity contribution in [2.24, 2.45) is 0 Å². The molecule has 1 aromatic heterocycles. The van der Waals surface area contributed by atoms with Crippen LogP contribution in [0.2, 0.25) is 10.0 Å². The molecule has 3 nitrogen and oxygen atoms in total. The van der Waals surface area contributed by atoms with E-state index in [1.165, 1.54) is 0 Å². The Balaban J connectivity index is 2.25. The minimum atomic E-state index is 0.181. The minimum absolute atomic E-state index is 0.181. The molecule has 0 aliphatic carbocycles. The third kappa shape index (κ3) is 3.14. The first-order valence-electron chi connectivity index (χ1n) is 6.81. The van der Waals surface area contributed by atoms with Crippen LogP contribution in [-0.4, -0.2) is 4.98 Å². The molecule has 0 bridgehead atoms. The van der Waals surface area contributed by atoms with E-state index in [0.717, 1.165) is 11.1 Å². The van der Waals surface area contributed by atoms with Gasteiger partial charge < -0.3 is 5.73 Å². The van der Waals surface area contributed by atoms with Gasteiger partial charge in [-0.25, -0.2) is 4.98 Å². The van der Waals surface area contributed by atoms with E-state index in [-0.39, 0.29) is 5.82 Å². The van der Waals surface area contributed by atoms with Crippen LogP contribution in [0.15, 0.2) is 54.6 Å². The van der Waals surface area contributed by atoms with Crippen molar-refractivity contribution >= 4 is 29.0 Å². The maximum absolute atomic E-state index is 9.41. The van der Waals surface area contributed by atoms with E-state index in [1.54, 1.807) is 24.3 Å². The largest absolute Gasteiger partial charge is 0.383 e.